The molecule has 0 aliphatic carbocycles. The third-order valence-electron chi connectivity index (χ3n) is 5.61. The molecule has 156 valence electrons. The van der Waals surface area contributed by atoms with Crippen LogP contribution in [0, 0.1) is 11.7 Å². The summed E-state index contributed by atoms with van der Waals surface area (Å²) in [5, 5.41) is 1.94. The summed E-state index contributed by atoms with van der Waals surface area (Å²) in [6.45, 7) is 4.68. The Balaban J connectivity index is 1.36. The minimum atomic E-state index is -0.356. The van der Waals surface area contributed by atoms with Gasteiger partial charge in [0.1, 0.15) is 17.3 Å². The van der Waals surface area contributed by atoms with Crippen molar-refractivity contribution in [1.82, 2.24) is 19.9 Å². The van der Waals surface area contributed by atoms with Gasteiger partial charge in [0, 0.05) is 54.8 Å². The highest BCUT2D eigenvalue weighted by Crippen LogP contribution is 2.33. The molecule has 2 aliphatic rings. The zero-order valence-corrected chi connectivity index (χ0v) is 17.4. The van der Waals surface area contributed by atoms with Gasteiger partial charge in [-0.3, -0.25) is 0 Å². The Bertz CT molecular complexity index is 1030. The molecule has 0 aromatic carbocycles. The van der Waals surface area contributed by atoms with Gasteiger partial charge in [-0.2, -0.15) is 4.98 Å². The van der Waals surface area contributed by atoms with Crippen molar-refractivity contribution in [1.29, 1.82) is 0 Å². The molecule has 0 spiro atoms. The largest absolute Gasteiger partial charge is 0.477 e. The fraction of sp³-hybridized carbons (Fsp3) is 0.429. The maximum absolute atomic E-state index is 14.3. The van der Waals surface area contributed by atoms with Crippen molar-refractivity contribution in [2.75, 3.05) is 31.3 Å². The fourth-order valence-electron chi connectivity index (χ4n) is 3.92. The number of hydrogen-bond donors (Lipinski definition) is 0. The molecule has 30 heavy (non-hydrogen) atoms. The van der Waals surface area contributed by atoms with Crippen LogP contribution in [0.2, 0.25) is 0 Å². The maximum Gasteiger partial charge on any atom is 0.218 e. The van der Waals surface area contributed by atoms with Gasteiger partial charge in [-0.25, -0.2) is 19.3 Å². The average Bonchev–Trinajstić information content (AvgIpc) is 3.46. The van der Waals surface area contributed by atoms with Crippen molar-refractivity contribution in [3.8, 4) is 17.4 Å². The van der Waals surface area contributed by atoms with Crippen LogP contribution in [0.1, 0.15) is 30.6 Å². The Hall–Kier alpha value is -2.65. The second kappa shape index (κ2) is 8.23. The van der Waals surface area contributed by atoms with Gasteiger partial charge in [0.25, 0.3) is 0 Å². The van der Waals surface area contributed by atoms with Crippen LogP contribution in [0.25, 0.3) is 11.5 Å². The lowest BCUT2D eigenvalue weighted by Crippen LogP contribution is -2.35. The van der Waals surface area contributed by atoms with Crippen LogP contribution in [0.4, 0.5) is 10.2 Å². The molecule has 0 radical (unpaired) electrons. The first kappa shape index (κ1) is 19.3. The van der Waals surface area contributed by atoms with Crippen LogP contribution < -0.4 is 9.64 Å². The Labute approximate surface area is 177 Å². The highest BCUT2D eigenvalue weighted by atomic mass is 32.1. The predicted molar refractivity (Wildman–Crippen MR) is 111 cm³/mol. The van der Waals surface area contributed by atoms with Gasteiger partial charge in [0.05, 0.1) is 30.5 Å². The van der Waals surface area contributed by atoms with Crippen molar-refractivity contribution >= 4 is 17.2 Å². The fourth-order valence-corrected chi connectivity index (χ4v) is 4.45. The first-order chi connectivity index (χ1) is 14.7. The van der Waals surface area contributed by atoms with Crippen molar-refractivity contribution in [2.24, 2.45) is 5.92 Å². The van der Waals surface area contributed by atoms with Gasteiger partial charge in [0.15, 0.2) is 5.82 Å². The lowest BCUT2D eigenvalue weighted by Gasteiger charge is -2.35. The predicted octanol–water partition coefficient (Wildman–Crippen LogP) is 3.67. The minimum Gasteiger partial charge on any atom is -0.477 e. The Morgan fingerprint density at radius 2 is 2.23 bits per heavy atom. The Kier molecular flexibility index (Phi) is 5.30. The summed E-state index contributed by atoms with van der Waals surface area (Å²) in [7, 11) is 0. The third-order valence-corrected chi connectivity index (χ3v) is 6.19. The molecule has 0 amide bonds. The van der Waals surface area contributed by atoms with E-state index in [0.29, 0.717) is 43.2 Å². The summed E-state index contributed by atoms with van der Waals surface area (Å²) >= 11 is 1.52. The number of nitrogens with zero attached hydrogens (tertiary/aromatic N) is 5. The molecule has 1 saturated heterocycles. The number of anilines is 1. The van der Waals surface area contributed by atoms with Crippen LogP contribution in [0.3, 0.4) is 0 Å². The molecule has 0 N–H and O–H groups in total. The van der Waals surface area contributed by atoms with Crippen LogP contribution in [0.5, 0.6) is 5.88 Å². The summed E-state index contributed by atoms with van der Waals surface area (Å²) in [6, 6.07) is 2.77. The molecule has 9 heteroatoms. The smallest absolute Gasteiger partial charge is 0.218 e. The number of ether oxygens (including phenoxy) is 2. The van der Waals surface area contributed by atoms with E-state index >= 15 is 0 Å². The molecule has 7 nitrogen and oxygen atoms in total. The second-order valence-electron chi connectivity index (χ2n) is 7.61. The number of thiazole rings is 1. The highest BCUT2D eigenvalue weighted by Gasteiger charge is 2.28. The van der Waals surface area contributed by atoms with E-state index in [1.54, 1.807) is 5.51 Å². The molecule has 5 heterocycles. The molecule has 3 aromatic heterocycles. The number of aromatic nitrogens is 4. The van der Waals surface area contributed by atoms with Gasteiger partial charge in [0.2, 0.25) is 5.88 Å². The normalized spacial score (nSPS) is 20.9. The van der Waals surface area contributed by atoms with E-state index in [-0.39, 0.29) is 11.9 Å². The van der Waals surface area contributed by atoms with Crippen molar-refractivity contribution < 1.29 is 13.9 Å². The van der Waals surface area contributed by atoms with E-state index in [2.05, 4.69) is 26.8 Å². The van der Waals surface area contributed by atoms with E-state index in [0.717, 1.165) is 36.4 Å². The van der Waals surface area contributed by atoms with Crippen LogP contribution in [-0.2, 0) is 11.2 Å². The second-order valence-corrected chi connectivity index (χ2v) is 8.33. The first-order valence-corrected chi connectivity index (χ1v) is 11.0. The SMILES string of the molecule is CC1c2cnc(-c3cscn3)nc2CCN1c1cc(F)cc(OCC2CCOC2)n1. The summed E-state index contributed by atoms with van der Waals surface area (Å²) in [5.74, 6) is 1.50. The van der Waals surface area contributed by atoms with Gasteiger partial charge in [-0.1, -0.05) is 0 Å². The van der Waals surface area contributed by atoms with E-state index in [9.17, 15) is 4.39 Å². The summed E-state index contributed by atoms with van der Waals surface area (Å²) in [5.41, 5.74) is 4.60. The van der Waals surface area contributed by atoms with E-state index in [1.807, 2.05) is 11.6 Å². The molecule has 0 bridgehead atoms. The topological polar surface area (TPSA) is 73.3 Å². The van der Waals surface area contributed by atoms with E-state index in [1.165, 1.54) is 23.5 Å². The molecule has 2 atom stereocenters. The molecule has 2 aliphatic heterocycles. The van der Waals surface area contributed by atoms with Gasteiger partial charge < -0.3 is 14.4 Å². The summed E-state index contributed by atoms with van der Waals surface area (Å²) in [4.78, 5) is 20.2. The van der Waals surface area contributed by atoms with Crippen LogP contribution in [-0.4, -0.2) is 46.3 Å². The molecule has 3 aromatic rings. The molecule has 0 saturated carbocycles. The zero-order valence-electron chi connectivity index (χ0n) is 16.6. The van der Waals surface area contributed by atoms with E-state index in [4.69, 9.17) is 14.5 Å². The molecular weight excluding hydrogens is 405 g/mol. The summed E-state index contributed by atoms with van der Waals surface area (Å²) in [6.07, 6.45) is 3.54. The number of rotatable bonds is 5. The van der Waals surface area contributed by atoms with Gasteiger partial charge >= 0.3 is 0 Å². The number of pyridine rings is 1. The van der Waals surface area contributed by atoms with Crippen molar-refractivity contribution in [3.05, 3.63) is 46.3 Å². The molecule has 5 rings (SSSR count). The Morgan fingerprint density at radius 1 is 1.30 bits per heavy atom. The van der Waals surface area contributed by atoms with Crippen LogP contribution in [0.15, 0.2) is 29.2 Å². The average molecular weight is 428 g/mol. The molecule has 2 unspecified atom stereocenters. The zero-order chi connectivity index (χ0) is 20.5. The number of halogens is 1. The quantitative estimate of drug-likeness (QED) is 0.615. The van der Waals surface area contributed by atoms with Gasteiger partial charge in [-0.05, 0) is 13.3 Å². The third kappa shape index (κ3) is 3.87. The Morgan fingerprint density at radius 3 is 3.03 bits per heavy atom. The lowest BCUT2D eigenvalue weighted by molar-refractivity contribution is 0.165. The van der Waals surface area contributed by atoms with Crippen molar-refractivity contribution in [3.63, 3.8) is 0 Å². The van der Waals surface area contributed by atoms with Crippen molar-refractivity contribution in [2.45, 2.75) is 25.8 Å². The number of hydrogen-bond acceptors (Lipinski definition) is 8. The maximum atomic E-state index is 14.3. The standard InChI is InChI=1S/C21H22FN5O2S/c1-13-16-8-23-21(18-11-30-12-24-18)25-17(16)2-4-27(13)19-6-15(22)7-20(26-19)29-10-14-3-5-28-9-14/h6-8,11-14H,2-5,9-10H2,1H3. The first-order valence-electron chi connectivity index (χ1n) is 10.1. The minimum absolute atomic E-state index is 0.0244. The lowest BCUT2D eigenvalue weighted by atomic mass is 9.99. The van der Waals surface area contributed by atoms with E-state index < -0.39 is 0 Å². The monoisotopic (exact) mass is 427 g/mol. The molecule has 1 fully saturated rings. The highest BCUT2D eigenvalue weighted by molar-refractivity contribution is 7.07. The number of fused-ring (bicyclic) bond motifs is 1. The summed E-state index contributed by atoms with van der Waals surface area (Å²) < 4.78 is 25.5. The molecular formula is C21H22FN5O2S. The van der Waals surface area contributed by atoms with Crippen LogP contribution >= 0.6 is 11.3 Å². The van der Waals surface area contributed by atoms with Gasteiger partial charge in [-0.15, -0.1) is 11.3 Å².